The van der Waals surface area contributed by atoms with E-state index in [-0.39, 0.29) is 47.3 Å². The monoisotopic (exact) mass is 510 g/mol. The molecule has 4 heterocycles. The molecule has 0 saturated carbocycles. The summed E-state index contributed by atoms with van der Waals surface area (Å²) in [4.78, 5) is 16.3. The predicted molar refractivity (Wildman–Crippen MR) is 137 cm³/mol. The fourth-order valence-electron chi connectivity index (χ4n) is 4.96. The Morgan fingerprint density at radius 2 is 1.84 bits per heavy atom. The van der Waals surface area contributed by atoms with E-state index in [0.29, 0.717) is 16.9 Å². The lowest BCUT2D eigenvalue weighted by Crippen LogP contribution is -2.35. The van der Waals surface area contributed by atoms with Crippen molar-refractivity contribution in [3.8, 4) is 17.0 Å². The molecule has 10 heteroatoms. The molecule has 5 rings (SSSR count). The van der Waals surface area contributed by atoms with Crippen LogP contribution in [0.4, 0.5) is 30.6 Å². The summed E-state index contributed by atoms with van der Waals surface area (Å²) in [6.07, 6.45) is 2.73. The highest BCUT2D eigenvalue weighted by Crippen LogP contribution is 2.41. The second-order valence-electron chi connectivity index (χ2n) is 9.79. The average Bonchev–Trinajstić information content (AvgIpc) is 2.85. The maximum absolute atomic E-state index is 15.0. The number of anilines is 3. The number of piperidine rings is 1. The zero-order valence-corrected chi connectivity index (χ0v) is 21.1. The first-order valence-corrected chi connectivity index (χ1v) is 12.3. The van der Waals surface area contributed by atoms with E-state index in [1.807, 2.05) is 18.7 Å². The molecule has 3 aromatic rings. The predicted octanol–water partition coefficient (Wildman–Crippen LogP) is 5.63. The van der Waals surface area contributed by atoms with Crippen LogP contribution in [0.25, 0.3) is 11.3 Å². The molecule has 0 amide bonds. The second-order valence-corrected chi connectivity index (χ2v) is 9.79. The summed E-state index contributed by atoms with van der Waals surface area (Å²) in [5.41, 5.74) is 1.80. The van der Waals surface area contributed by atoms with Crippen molar-refractivity contribution in [2.75, 3.05) is 37.0 Å². The number of rotatable bonds is 5. The Hall–Kier alpha value is -3.66. The molecule has 1 fully saturated rings. The molecule has 0 bridgehead atoms. The highest BCUT2D eigenvalue weighted by atomic mass is 19.1. The van der Waals surface area contributed by atoms with Crippen molar-refractivity contribution < 1.29 is 17.9 Å². The molecule has 2 aliphatic heterocycles. The first-order chi connectivity index (χ1) is 17.7. The zero-order valence-electron chi connectivity index (χ0n) is 21.1. The summed E-state index contributed by atoms with van der Waals surface area (Å²) in [6, 6.07) is 6.15. The molecule has 0 spiro atoms. The Labute approximate surface area is 214 Å². The van der Waals surface area contributed by atoms with E-state index in [0.717, 1.165) is 32.1 Å². The Bertz CT molecular complexity index is 1340. The summed E-state index contributed by atoms with van der Waals surface area (Å²) >= 11 is 0. The highest BCUT2D eigenvalue weighted by molar-refractivity contribution is 5.74. The van der Waals surface area contributed by atoms with Gasteiger partial charge in [0.15, 0.2) is 17.4 Å². The molecule has 0 radical (unpaired) electrons. The Kier molecular flexibility index (Phi) is 6.76. The van der Waals surface area contributed by atoms with Crippen molar-refractivity contribution in [1.82, 2.24) is 19.9 Å². The molecule has 1 N–H and O–H groups in total. The van der Waals surface area contributed by atoms with E-state index in [1.54, 1.807) is 18.2 Å². The smallest absolute Gasteiger partial charge is 0.229 e. The first-order valence-electron chi connectivity index (χ1n) is 12.3. The number of hydrogen-bond donors (Lipinski definition) is 1. The molecule has 0 atom stereocenters. The number of aromatic nitrogens is 3. The van der Waals surface area contributed by atoms with Crippen molar-refractivity contribution >= 4 is 17.5 Å². The average molecular weight is 511 g/mol. The Morgan fingerprint density at radius 1 is 1.08 bits per heavy atom. The maximum Gasteiger partial charge on any atom is 0.229 e. The van der Waals surface area contributed by atoms with Crippen LogP contribution in [0.2, 0.25) is 0 Å². The van der Waals surface area contributed by atoms with Gasteiger partial charge in [0.05, 0.1) is 11.9 Å². The van der Waals surface area contributed by atoms with E-state index < -0.39 is 17.6 Å². The molecular formula is C27H29F3N6O. The molecule has 2 aliphatic rings. The summed E-state index contributed by atoms with van der Waals surface area (Å²) < 4.78 is 50.2. The number of likely N-dealkylation sites (tertiary alicyclic amines) is 1. The highest BCUT2D eigenvalue weighted by Gasteiger charge is 2.28. The largest absolute Gasteiger partial charge is 0.482 e. The Morgan fingerprint density at radius 3 is 2.54 bits per heavy atom. The van der Waals surface area contributed by atoms with Gasteiger partial charge in [-0.05, 0) is 70.9 Å². The van der Waals surface area contributed by atoms with Gasteiger partial charge in [0.1, 0.15) is 18.1 Å². The minimum absolute atomic E-state index is 0.00912. The number of pyridine rings is 1. The number of nitrogens with zero attached hydrogens (tertiary/aromatic N) is 5. The number of fused-ring (bicyclic) bond motifs is 1. The van der Waals surface area contributed by atoms with Crippen LogP contribution in [-0.2, 0) is 0 Å². The SMILES string of the molecule is C=C1COc2c(F)cc(-c3nc(Nc4ccc(C5CCN(C)CC5)c(F)n4)ncc3F)cc2N1C(C)C. The number of benzene rings is 1. The standard InChI is InChI=1S/C27H29F3N6O/c1-15(2)36-16(3)14-37-25-20(28)11-18(12-22(25)36)24-21(29)13-31-27(34-24)33-23-6-5-19(26(30)32-23)17-7-9-35(4)10-8-17/h5-6,11-13,15,17H,3,7-10,14H2,1-2,4H3,(H,31,32,33,34). The minimum atomic E-state index is -0.728. The molecule has 37 heavy (non-hydrogen) atoms. The van der Waals surface area contributed by atoms with Gasteiger partial charge in [0.25, 0.3) is 0 Å². The normalized spacial score (nSPS) is 16.6. The first kappa shape index (κ1) is 25.0. The third-order valence-electron chi connectivity index (χ3n) is 6.82. The van der Waals surface area contributed by atoms with Crippen molar-refractivity contribution in [2.24, 2.45) is 0 Å². The van der Waals surface area contributed by atoms with E-state index >= 15 is 4.39 Å². The van der Waals surface area contributed by atoms with Crippen LogP contribution in [-0.4, -0.2) is 52.6 Å². The van der Waals surface area contributed by atoms with Crippen molar-refractivity contribution in [3.63, 3.8) is 0 Å². The van der Waals surface area contributed by atoms with Crippen LogP contribution in [0, 0.1) is 17.6 Å². The van der Waals surface area contributed by atoms with Crippen LogP contribution in [0.3, 0.4) is 0 Å². The third kappa shape index (κ3) is 4.98. The van der Waals surface area contributed by atoms with Crippen molar-refractivity contribution in [2.45, 2.75) is 38.6 Å². The van der Waals surface area contributed by atoms with Gasteiger partial charge in [-0.2, -0.15) is 4.39 Å². The molecular weight excluding hydrogens is 481 g/mol. The minimum Gasteiger partial charge on any atom is -0.482 e. The van der Waals surface area contributed by atoms with Crippen molar-refractivity contribution in [3.05, 3.63) is 65.9 Å². The molecule has 1 aromatic carbocycles. The lowest BCUT2D eigenvalue weighted by Gasteiger charge is -2.36. The summed E-state index contributed by atoms with van der Waals surface area (Å²) in [7, 11) is 2.05. The van der Waals surface area contributed by atoms with Crippen molar-refractivity contribution in [1.29, 1.82) is 0 Å². The van der Waals surface area contributed by atoms with Gasteiger partial charge in [0.2, 0.25) is 11.9 Å². The van der Waals surface area contributed by atoms with Crippen LogP contribution < -0.4 is 15.0 Å². The molecule has 0 aliphatic carbocycles. The molecule has 194 valence electrons. The third-order valence-corrected chi connectivity index (χ3v) is 6.82. The number of hydrogen-bond acceptors (Lipinski definition) is 7. The van der Waals surface area contributed by atoms with Crippen LogP contribution in [0.5, 0.6) is 5.75 Å². The van der Waals surface area contributed by atoms with Gasteiger partial charge in [-0.25, -0.2) is 23.7 Å². The molecule has 7 nitrogen and oxygen atoms in total. The van der Waals surface area contributed by atoms with E-state index in [4.69, 9.17) is 4.74 Å². The van der Waals surface area contributed by atoms with Crippen LogP contribution >= 0.6 is 0 Å². The van der Waals surface area contributed by atoms with E-state index in [1.165, 1.54) is 6.07 Å². The van der Waals surface area contributed by atoms with E-state index in [9.17, 15) is 8.78 Å². The summed E-state index contributed by atoms with van der Waals surface area (Å²) in [5, 5.41) is 2.84. The van der Waals surface area contributed by atoms with Crippen LogP contribution in [0.15, 0.2) is 42.7 Å². The van der Waals surface area contributed by atoms with Gasteiger partial charge in [-0.15, -0.1) is 0 Å². The van der Waals surface area contributed by atoms with Gasteiger partial charge in [-0.3, -0.25) is 0 Å². The fourth-order valence-corrected chi connectivity index (χ4v) is 4.96. The number of halogens is 3. The maximum atomic E-state index is 15.0. The molecule has 2 aromatic heterocycles. The summed E-state index contributed by atoms with van der Waals surface area (Å²) in [5.74, 6) is -1.50. The van der Waals surface area contributed by atoms with Crippen LogP contribution in [0.1, 0.15) is 38.2 Å². The van der Waals surface area contributed by atoms with Gasteiger partial charge >= 0.3 is 0 Å². The molecule has 0 unspecified atom stereocenters. The Balaban J connectivity index is 1.43. The molecule has 1 saturated heterocycles. The lowest BCUT2D eigenvalue weighted by atomic mass is 9.90. The summed E-state index contributed by atoms with van der Waals surface area (Å²) in [6.45, 7) is 9.88. The second kappa shape index (κ2) is 10.0. The number of nitrogens with one attached hydrogen (secondary N) is 1. The number of ether oxygens (including phenoxy) is 1. The van der Waals surface area contributed by atoms with Gasteiger partial charge in [0, 0.05) is 22.9 Å². The topological polar surface area (TPSA) is 66.4 Å². The quantitative estimate of drug-likeness (QED) is 0.446. The zero-order chi connectivity index (χ0) is 26.3. The fraction of sp³-hybridized carbons (Fsp3) is 0.370. The van der Waals surface area contributed by atoms with Gasteiger partial charge in [-0.1, -0.05) is 12.6 Å². The lowest BCUT2D eigenvalue weighted by molar-refractivity contribution is 0.252. The van der Waals surface area contributed by atoms with E-state index in [2.05, 4.69) is 38.8 Å². The van der Waals surface area contributed by atoms with Gasteiger partial charge < -0.3 is 19.9 Å².